The number of aryl methyl sites for hydroxylation is 9. The van der Waals surface area contributed by atoms with Gasteiger partial charge in [0.15, 0.2) is 0 Å². The summed E-state index contributed by atoms with van der Waals surface area (Å²) in [6.45, 7) is 17.6. The molecule has 0 radical (unpaired) electrons. The molecule has 0 aliphatic carbocycles. The van der Waals surface area contributed by atoms with E-state index in [9.17, 15) is 33.6 Å². The van der Waals surface area contributed by atoms with Crippen LogP contribution < -0.4 is 33.2 Å². The molecule has 14 heteroatoms. The number of ether oxygens (including phenoxy) is 7. The third-order valence-corrected chi connectivity index (χ3v) is 16.2. The fourth-order valence-corrected chi connectivity index (χ4v) is 9.80. The van der Waals surface area contributed by atoms with Gasteiger partial charge in [-0.25, -0.2) is 33.6 Å². The maximum Gasteiger partial charge on any atom is 0.343 e. The van der Waals surface area contributed by atoms with Crippen molar-refractivity contribution in [3.05, 3.63) is 411 Å². The van der Waals surface area contributed by atoms with E-state index >= 15 is 0 Å². The van der Waals surface area contributed by atoms with Crippen LogP contribution in [0.4, 0.5) is 0 Å². The molecule has 13 rings (SSSR count). The van der Waals surface area contributed by atoms with E-state index in [1.165, 1.54) is 5.56 Å². The molecule has 14 nitrogen and oxygen atoms in total. The monoisotopic (exact) mass is 1430 g/mol. The second-order valence-electron chi connectivity index (χ2n) is 25.2. The fraction of sp³-hybridized carbons (Fsp3) is 0.0957. The van der Waals surface area contributed by atoms with Gasteiger partial charge in [0.2, 0.25) is 0 Å². The average Bonchev–Trinajstić information content (AvgIpc) is 0.850. The lowest BCUT2D eigenvalue weighted by Crippen LogP contribution is -2.10. The number of carbonyl (C=O) groups is 7. The molecule has 0 heterocycles. The first kappa shape index (κ1) is 78.3. The van der Waals surface area contributed by atoms with Crippen molar-refractivity contribution in [3.8, 4) is 51.4 Å². The first-order valence-corrected chi connectivity index (χ1v) is 34.6. The molecule has 13 aromatic rings. The second-order valence-corrected chi connectivity index (χ2v) is 25.2. The minimum atomic E-state index is -0.436. The van der Waals surface area contributed by atoms with Gasteiger partial charge in [-0.2, -0.15) is 0 Å². The van der Waals surface area contributed by atoms with Crippen molar-refractivity contribution in [1.29, 1.82) is 0 Å². The van der Waals surface area contributed by atoms with Crippen LogP contribution in [0.3, 0.4) is 0 Å². The molecule has 0 unspecified atom stereocenters. The Bertz CT molecular complexity index is 5040. The topological polar surface area (TPSA) is 184 Å². The molecule has 0 amide bonds. The maximum atomic E-state index is 12.2. The summed E-state index contributed by atoms with van der Waals surface area (Å²) in [5.74, 6) is 0.538. The number of hydrogen-bond donors (Lipinski definition) is 0. The van der Waals surface area contributed by atoms with Crippen LogP contribution in [0, 0.1) is 62.3 Å². The van der Waals surface area contributed by atoms with E-state index in [0.29, 0.717) is 84.8 Å². The molecule has 540 valence electrons. The summed E-state index contributed by atoms with van der Waals surface area (Å²) in [5, 5.41) is 0. The molecular weight excluding hydrogens is 1350 g/mol. The minimum Gasteiger partial charge on any atom is -0.423 e. The van der Waals surface area contributed by atoms with Gasteiger partial charge in [0.25, 0.3) is 0 Å². The Morgan fingerprint density at radius 1 is 0.176 bits per heavy atom. The molecule has 0 aliphatic rings. The van der Waals surface area contributed by atoms with Crippen molar-refractivity contribution in [1.82, 2.24) is 0 Å². The van der Waals surface area contributed by atoms with Crippen molar-refractivity contribution in [3.63, 3.8) is 0 Å². The molecule has 0 fully saturated rings. The largest absolute Gasteiger partial charge is 0.423 e. The van der Waals surface area contributed by atoms with Gasteiger partial charge in [-0.05, 0) is 243 Å². The van der Waals surface area contributed by atoms with E-state index < -0.39 is 23.9 Å². The van der Waals surface area contributed by atoms with E-state index in [1.807, 2.05) is 182 Å². The number of benzene rings is 13. The van der Waals surface area contributed by atoms with Gasteiger partial charge < -0.3 is 33.2 Å². The van der Waals surface area contributed by atoms with Crippen LogP contribution in [-0.2, 0) is 0 Å². The van der Waals surface area contributed by atoms with Gasteiger partial charge in [-0.15, -0.1) is 0 Å². The van der Waals surface area contributed by atoms with E-state index in [2.05, 4.69) is 31.2 Å². The first-order valence-electron chi connectivity index (χ1n) is 34.6. The minimum absolute atomic E-state index is 0.325. The Morgan fingerprint density at radius 2 is 0.352 bits per heavy atom. The average molecular weight is 1430 g/mol. The van der Waals surface area contributed by atoms with Crippen LogP contribution in [0.25, 0.3) is 11.1 Å². The maximum absolute atomic E-state index is 12.2. The number of esters is 7. The van der Waals surface area contributed by atoms with E-state index in [0.717, 1.165) is 50.1 Å². The van der Waals surface area contributed by atoms with Crippen LogP contribution in [0.2, 0.25) is 0 Å². The number of rotatable bonds is 15. The van der Waals surface area contributed by atoms with Gasteiger partial charge in [0.1, 0.15) is 40.2 Å². The lowest BCUT2D eigenvalue weighted by Gasteiger charge is -2.10. The molecule has 0 spiro atoms. The normalized spacial score (nSPS) is 10.2. The van der Waals surface area contributed by atoms with E-state index in [-0.39, 0.29) is 17.9 Å². The zero-order valence-electron chi connectivity index (χ0n) is 61.3. The SMILES string of the molecule is Cc1ccc(-c2ccc(C(=O)Oc3ccccc3)cc2)cc1.Cc1ccc(C(=O)Oc2ccc(OC(=O)c3ccc(C)cc3)c(C)c2)cc1.Cc1ccc(C(=O)Oc2ccc(OC(=O)c3ccc(C)cc3)cc2)cc1.Cc1ccc(C(=O)Oc2ccccc2)cc1.Cc1ccc(OC(=O)c2ccc(C)cc2)cc1. The van der Waals surface area contributed by atoms with E-state index in [1.54, 1.807) is 171 Å². The molecule has 13 aromatic carbocycles. The number of carbonyl (C=O) groups excluding carboxylic acids is 7. The van der Waals surface area contributed by atoms with Crippen LogP contribution in [-0.4, -0.2) is 41.8 Å². The molecular formula is C94H80O14. The van der Waals surface area contributed by atoms with Crippen molar-refractivity contribution >= 4 is 41.8 Å². The van der Waals surface area contributed by atoms with Crippen molar-refractivity contribution < 1.29 is 66.7 Å². The highest BCUT2D eigenvalue weighted by Crippen LogP contribution is 2.27. The molecule has 108 heavy (non-hydrogen) atoms. The summed E-state index contributed by atoms with van der Waals surface area (Å²) in [6.07, 6.45) is 0. The molecule has 0 N–H and O–H groups in total. The third-order valence-electron chi connectivity index (χ3n) is 16.2. The molecule has 0 aromatic heterocycles. The Labute approximate surface area is 629 Å². The van der Waals surface area contributed by atoms with E-state index in [4.69, 9.17) is 33.2 Å². The highest BCUT2D eigenvalue weighted by Gasteiger charge is 2.17. The number of hydrogen-bond acceptors (Lipinski definition) is 14. The van der Waals surface area contributed by atoms with Gasteiger partial charge in [-0.1, -0.05) is 202 Å². The molecule has 0 bridgehead atoms. The standard InChI is InChI=1S/C23H20O4.C22H18O4.C20H16O2.C15H14O2.C14H12O2/c1-15-4-8-18(9-5-15)22(24)26-20-12-13-21(17(3)14-20)27-23(25)19-10-6-16(2)7-11-19;1-15-3-7-17(8-4-15)21(23)25-19-11-13-20(14-12-19)26-22(24)18-9-5-16(2)6-10-18;1-15-7-9-16(10-8-15)17-11-13-18(14-12-17)20(21)22-19-5-3-2-4-6-19;1-11-3-7-13(8-4-11)15(16)17-14-9-5-12(2)6-10-14;1-11-7-9-12(10-8-11)14(15)16-13-5-3-2-4-6-13/h4-14H,1-3H3;3-14H,1-2H3;2-14H,1H3;3-10H,1-2H3;2-10H,1H3. The van der Waals surface area contributed by atoms with Gasteiger partial charge in [-0.3, -0.25) is 0 Å². The predicted molar refractivity (Wildman–Crippen MR) is 420 cm³/mol. The van der Waals surface area contributed by atoms with Crippen LogP contribution in [0.15, 0.2) is 322 Å². The first-order chi connectivity index (χ1) is 52.0. The molecule has 0 saturated heterocycles. The summed E-state index contributed by atoms with van der Waals surface area (Å²) < 4.78 is 37.3. The van der Waals surface area contributed by atoms with Gasteiger partial charge >= 0.3 is 41.8 Å². The molecule has 0 saturated carbocycles. The lowest BCUT2D eigenvalue weighted by atomic mass is 10.0. The highest BCUT2D eigenvalue weighted by molar-refractivity contribution is 5.95. The van der Waals surface area contributed by atoms with Crippen LogP contribution in [0.1, 0.15) is 123 Å². The second kappa shape index (κ2) is 39.1. The summed E-state index contributed by atoms with van der Waals surface area (Å²) >= 11 is 0. The zero-order valence-corrected chi connectivity index (χ0v) is 61.3. The fourth-order valence-electron chi connectivity index (χ4n) is 9.80. The Kier molecular flexibility index (Phi) is 28.4. The molecule has 0 atom stereocenters. The third kappa shape index (κ3) is 25.0. The smallest absolute Gasteiger partial charge is 0.343 e. The molecule has 0 aliphatic heterocycles. The van der Waals surface area contributed by atoms with Gasteiger partial charge in [0, 0.05) is 0 Å². The summed E-state index contributed by atoms with van der Waals surface area (Å²) in [5.41, 5.74) is 15.4. The Hall–Kier alpha value is -13.9. The van der Waals surface area contributed by atoms with Crippen molar-refractivity contribution in [2.75, 3.05) is 0 Å². The Morgan fingerprint density at radius 3 is 0.602 bits per heavy atom. The van der Waals surface area contributed by atoms with Gasteiger partial charge in [0.05, 0.1) is 38.9 Å². The Balaban J connectivity index is 0.000000158. The summed E-state index contributed by atoms with van der Waals surface area (Å²) in [7, 11) is 0. The van der Waals surface area contributed by atoms with Crippen LogP contribution in [0.5, 0.6) is 40.2 Å². The predicted octanol–water partition coefficient (Wildman–Crippen LogP) is 21.4. The van der Waals surface area contributed by atoms with Crippen molar-refractivity contribution in [2.24, 2.45) is 0 Å². The zero-order chi connectivity index (χ0) is 76.9. The highest BCUT2D eigenvalue weighted by atomic mass is 16.6. The lowest BCUT2D eigenvalue weighted by molar-refractivity contribution is 0.0718. The summed E-state index contributed by atoms with van der Waals surface area (Å²) in [6, 6.07) is 95.8. The quantitative estimate of drug-likeness (QED) is 0.0697. The number of para-hydroxylation sites is 2. The summed E-state index contributed by atoms with van der Waals surface area (Å²) in [4.78, 5) is 84.2. The van der Waals surface area contributed by atoms with Crippen molar-refractivity contribution in [2.45, 2.75) is 62.3 Å². The van der Waals surface area contributed by atoms with Crippen LogP contribution >= 0.6 is 0 Å².